The summed E-state index contributed by atoms with van der Waals surface area (Å²) in [7, 11) is 0. The molecule has 2 aromatic rings. The Kier molecular flexibility index (Phi) is 3.02. The van der Waals surface area contributed by atoms with E-state index in [1.165, 1.54) is 0 Å². The minimum atomic E-state index is -4.79. The largest absolute Gasteiger partial charge is 0.433 e. The van der Waals surface area contributed by atoms with Crippen LogP contribution in [0.4, 0.5) is 19.1 Å². The first-order chi connectivity index (χ1) is 8.86. The van der Waals surface area contributed by atoms with Gasteiger partial charge in [0.15, 0.2) is 5.69 Å². The van der Waals surface area contributed by atoms with Crippen molar-refractivity contribution in [2.24, 2.45) is 0 Å². The van der Waals surface area contributed by atoms with E-state index in [-0.39, 0.29) is 11.9 Å². The van der Waals surface area contributed by atoms with Gasteiger partial charge in [-0.1, -0.05) is 0 Å². The molecule has 2 aromatic heterocycles. The van der Waals surface area contributed by atoms with Crippen LogP contribution in [0.2, 0.25) is 0 Å². The summed E-state index contributed by atoms with van der Waals surface area (Å²) in [6.07, 6.45) is -3.75. The number of hydrogen-bond donors (Lipinski definition) is 3. The summed E-state index contributed by atoms with van der Waals surface area (Å²) in [5.41, 5.74) is -2.46. The van der Waals surface area contributed by atoms with Crippen LogP contribution in [-0.4, -0.2) is 31.1 Å². The molecule has 0 aromatic carbocycles. The average molecular weight is 274 g/mol. The van der Waals surface area contributed by atoms with Crippen molar-refractivity contribution in [3.8, 4) is 0 Å². The zero-order chi connectivity index (χ0) is 14.0. The Labute approximate surface area is 102 Å². The fourth-order valence-corrected chi connectivity index (χ4v) is 1.14. The zero-order valence-electron chi connectivity index (χ0n) is 8.95. The van der Waals surface area contributed by atoms with E-state index in [2.05, 4.69) is 20.2 Å². The Morgan fingerprint density at radius 2 is 2.11 bits per heavy atom. The van der Waals surface area contributed by atoms with Gasteiger partial charge >= 0.3 is 6.18 Å². The van der Waals surface area contributed by atoms with E-state index in [1.54, 1.807) is 0 Å². The smallest absolute Gasteiger partial charge is 0.292 e. The molecule has 2 heterocycles. The van der Waals surface area contributed by atoms with E-state index in [0.29, 0.717) is 0 Å². The van der Waals surface area contributed by atoms with Gasteiger partial charge < -0.3 is 0 Å². The second-order valence-electron chi connectivity index (χ2n) is 3.27. The van der Waals surface area contributed by atoms with Crippen LogP contribution < -0.4 is 10.9 Å². The number of amides is 1. The van der Waals surface area contributed by atoms with Gasteiger partial charge in [0.1, 0.15) is 6.33 Å². The number of H-pyrrole nitrogens is 2. The molecule has 0 saturated heterocycles. The minimum absolute atomic E-state index is 0.236. The molecule has 0 radical (unpaired) electrons. The molecule has 0 bridgehead atoms. The van der Waals surface area contributed by atoms with E-state index in [1.807, 2.05) is 10.3 Å². The summed E-state index contributed by atoms with van der Waals surface area (Å²) in [4.78, 5) is 31.0. The maximum absolute atomic E-state index is 12.4. The van der Waals surface area contributed by atoms with Crippen LogP contribution in [0.25, 0.3) is 0 Å². The normalized spacial score (nSPS) is 11.3. The topological polar surface area (TPSA) is 116 Å². The molecule has 8 nitrogen and oxygen atoms in total. The second kappa shape index (κ2) is 4.51. The summed E-state index contributed by atoms with van der Waals surface area (Å²) in [6.45, 7) is 0. The van der Waals surface area contributed by atoms with Crippen LogP contribution in [0, 0.1) is 0 Å². The molecule has 0 aliphatic heterocycles. The number of nitrogens with zero attached hydrogens (tertiary/aromatic N) is 3. The van der Waals surface area contributed by atoms with Crippen LogP contribution in [0.5, 0.6) is 0 Å². The third kappa shape index (κ3) is 2.94. The van der Waals surface area contributed by atoms with Gasteiger partial charge in [0.05, 0.1) is 0 Å². The Balaban J connectivity index is 2.29. The lowest BCUT2D eigenvalue weighted by molar-refractivity contribution is -0.141. The monoisotopic (exact) mass is 274 g/mol. The summed E-state index contributed by atoms with van der Waals surface area (Å²) in [5, 5.41) is 7.55. The highest BCUT2D eigenvalue weighted by Gasteiger charge is 2.33. The molecule has 0 saturated carbocycles. The van der Waals surface area contributed by atoms with Crippen molar-refractivity contribution in [1.82, 2.24) is 25.1 Å². The molecule has 0 spiro atoms. The number of anilines is 1. The van der Waals surface area contributed by atoms with Gasteiger partial charge in [-0.2, -0.15) is 18.3 Å². The van der Waals surface area contributed by atoms with E-state index in [0.717, 1.165) is 6.33 Å². The van der Waals surface area contributed by atoms with E-state index in [4.69, 9.17) is 0 Å². The molecule has 0 unspecified atom stereocenters. The number of halogens is 3. The molecule has 1 amide bonds. The lowest BCUT2D eigenvalue weighted by Gasteiger charge is -2.07. The predicted molar refractivity (Wildman–Crippen MR) is 54.2 cm³/mol. The molecule has 11 heteroatoms. The van der Waals surface area contributed by atoms with Crippen molar-refractivity contribution in [3.63, 3.8) is 0 Å². The van der Waals surface area contributed by atoms with E-state index < -0.39 is 29.3 Å². The second-order valence-corrected chi connectivity index (χ2v) is 3.27. The third-order valence-corrected chi connectivity index (χ3v) is 1.89. The third-order valence-electron chi connectivity index (χ3n) is 1.89. The summed E-state index contributed by atoms with van der Waals surface area (Å²) < 4.78 is 37.2. The van der Waals surface area contributed by atoms with Gasteiger partial charge in [-0.05, 0) is 0 Å². The minimum Gasteiger partial charge on any atom is -0.292 e. The SMILES string of the molecule is O=C(Nc1nc(C(F)(F)F)cc(=O)[nH]1)c1ncn[nH]1. The Hall–Kier alpha value is -2.72. The number of rotatable bonds is 2. The van der Waals surface area contributed by atoms with Crippen molar-refractivity contribution in [2.75, 3.05) is 5.32 Å². The molecule has 0 aliphatic rings. The molecule has 3 N–H and O–H groups in total. The van der Waals surface area contributed by atoms with Gasteiger partial charge in [0.25, 0.3) is 11.5 Å². The highest BCUT2D eigenvalue weighted by atomic mass is 19.4. The quantitative estimate of drug-likeness (QED) is 0.721. The first-order valence-corrected chi connectivity index (χ1v) is 4.71. The maximum Gasteiger partial charge on any atom is 0.433 e. The van der Waals surface area contributed by atoms with E-state index >= 15 is 0 Å². The number of aromatic amines is 2. The number of nitrogens with one attached hydrogen (secondary N) is 3. The maximum atomic E-state index is 12.4. The molecule has 100 valence electrons. The highest BCUT2D eigenvalue weighted by Crippen LogP contribution is 2.26. The molecular formula is C8H5F3N6O2. The van der Waals surface area contributed by atoms with Gasteiger partial charge in [0, 0.05) is 6.07 Å². The standard InChI is InChI=1S/C8H5F3N6O2/c9-8(10,11)3-1-4(18)15-7(14-3)16-6(19)5-12-2-13-17-5/h1-2H,(H,12,13,17)(H2,14,15,16,18,19). The molecular weight excluding hydrogens is 269 g/mol. The van der Waals surface area contributed by atoms with Crippen LogP contribution in [0.15, 0.2) is 17.2 Å². The average Bonchev–Trinajstić information content (AvgIpc) is 2.80. The predicted octanol–water partition coefficient (Wildman–Crippen LogP) is 0.159. The Bertz CT molecular complexity index is 647. The molecule has 0 aliphatic carbocycles. The van der Waals surface area contributed by atoms with E-state index in [9.17, 15) is 22.8 Å². The Morgan fingerprint density at radius 3 is 2.68 bits per heavy atom. The number of carbonyl (C=O) groups excluding carboxylic acids is 1. The van der Waals surface area contributed by atoms with Crippen molar-refractivity contribution in [3.05, 3.63) is 34.3 Å². The number of hydrogen-bond acceptors (Lipinski definition) is 5. The Morgan fingerprint density at radius 1 is 1.37 bits per heavy atom. The zero-order valence-corrected chi connectivity index (χ0v) is 8.95. The van der Waals surface area contributed by atoms with Crippen molar-refractivity contribution in [2.45, 2.75) is 6.18 Å². The molecule has 0 atom stereocenters. The lowest BCUT2D eigenvalue weighted by atomic mass is 10.4. The summed E-state index contributed by atoms with van der Waals surface area (Å²) >= 11 is 0. The fraction of sp³-hybridized carbons (Fsp3) is 0.125. The molecule has 0 fully saturated rings. The fourth-order valence-electron chi connectivity index (χ4n) is 1.14. The first-order valence-electron chi connectivity index (χ1n) is 4.71. The van der Waals surface area contributed by atoms with Crippen LogP contribution in [-0.2, 0) is 6.18 Å². The van der Waals surface area contributed by atoms with Gasteiger partial charge in [-0.15, -0.1) is 0 Å². The highest BCUT2D eigenvalue weighted by molar-refractivity contribution is 6.00. The van der Waals surface area contributed by atoms with Crippen molar-refractivity contribution >= 4 is 11.9 Å². The van der Waals surface area contributed by atoms with Gasteiger partial charge in [-0.3, -0.25) is 25.0 Å². The van der Waals surface area contributed by atoms with Gasteiger partial charge in [-0.25, -0.2) is 9.97 Å². The van der Waals surface area contributed by atoms with Crippen LogP contribution in [0.1, 0.15) is 16.3 Å². The number of aromatic nitrogens is 5. The van der Waals surface area contributed by atoms with Crippen LogP contribution in [0.3, 0.4) is 0 Å². The summed E-state index contributed by atoms with van der Waals surface area (Å²) in [5.74, 6) is -1.76. The first kappa shape index (κ1) is 12.7. The number of carbonyl (C=O) groups is 1. The summed E-state index contributed by atoms with van der Waals surface area (Å²) in [6, 6.07) is 0.282. The molecule has 19 heavy (non-hydrogen) atoms. The molecule has 2 rings (SSSR count). The van der Waals surface area contributed by atoms with Crippen molar-refractivity contribution in [1.29, 1.82) is 0 Å². The van der Waals surface area contributed by atoms with Crippen LogP contribution >= 0.6 is 0 Å². The van der Waals surface area contributed by atoms with Crippen molar-refractivity contribution < 1.29 is 18.0 Å². The van der Waals surface area contributed by atoms with Gasteiger partial charge in [0.2, 0.25) is 11.8 Å². The number of alkyl halides is 3. The lowest BCUT2D eigenvalue weighted by Crippen LogP contribution is -2.22.